The maximum Gasteiger partial charge on any atom is 0.234 e. The molecule has 0 radical (unpaired) electrons. The molecule has 0 saturated heterocycles. The molecule has 1 aromatic carbocycles. The molecule has 0 unspecified atom stereocenters. The first kappa shape index (κ1) is 12.3. The van der Waals surface area contributed by atoms with Crippen molar-refractivity contribution in [2.45, 2.75) is 12.8 Å². The van der Waals surface area contributed by atoms with Crippen LogP contribution in [0.4, 0.5) is 0 Å². The fourth-order valence-electron chi connectivity index (χ4n) is 1.45. The smallest absolute Gasteiger partial charge is 0.234 e. The highest BCUT2D eigenvalue weighted by Crippen LogP contribution is 2.25. The van der Waals surface area contributed by atoms with E-state index in [-0.39, 0.29) is 0 Å². The highest BCUT2D eigenvalue weighted by atomic mass is 16.5. The molecule has 4 heteroatoms. The summed E-state index contributed by atoms with van der Waals surface area (Å²) in [6.07, 6.45) is 3.15. The molecule has 1 rings (SSSR count). The van der Waals surface area contributed by atoms with Crippen LogP contribution in [-0.4, -0.2) is 26.8 Å². The molecule has 0 heterocycles. The zero-order valence-corrected chi connectivity index (χ0v) is 9.53. The number of aryl methyl sites for hydroxylation is 1. The third kappa shape index (κ3) is 3.41. The van der Waals surface area contributed by atoms with Gasteiger partial charge < -0.3 is 9.47 Å². The van der Waals surface area contributed by atoms with Crippen LogP contribution in [0.15, 0.2) is 23.2 Å². The van der Waals surface area contributed by atoms with Crippen molar-refractivity contribution in [2.24, 2.45) is 4.99 Å². The first-order valence-corrected chi connectivity index (χ1v) is 5.06. The maximum absolute atomic E-state index is 9.89. The summed E-state index contributed by atoms with van der Waals surface area (Å²) in [7, 11) is 3.25. The minimum absolute atomic E-state index is 0.499. The minimum atomic E-state index is 0.499. The summed E-state index contributed by atoms with van der Waals surface area (Å²) in [6.45, 7) is 0.499. The van der Waals surface area contributed by atoms with E-state index in [1.165, 1.54) is 6.08 Å². The number of isocyanates is 1. The van der Waals surface area contributed by atoms with E-state index < -0.39 is 0 Å². The van der Waals surface area contributed by atoms with Gasteiger partial charge in [-0.3, -0.25) is 0 Å². The zero-order chi connectivity index (χ0) is 11.8. The second kappa shape index (κ2) is 6.64. The molecule has 16 heavy (non-hydrogen) atoms. The molecule has 1 aromatic rings. The topological polar surface area (TPSA) is 47.9 Å². The van der Waals surface area contributed by atoms with E-state index in [1.807, 2.05) is 18.2 Å². The number of hydrogen-bond donors (Lipinski definition) is 0. The standard InChI is InChI=1S/C12H15NO3/c1-15-11-6-5-10(12(8-11)16-2)4-3-7-13-9-14/h5-6,8H,3-4,7H2,1-2H3. The summed E-state index contributed by atoms with van der Waals surface area (Å²) in [5.41, 5.74) is 1.09. The summed E-state index contributed by atoms with van der Waals surface area (Å²) < 4.78 is 10.4. The van der Waals surface area contributed by atoms with Crippen LogP contribution < -0.4 is 9.47 Å². The predicted octanol–water partition coefficient (Wildman–Crippen LogP) is 1.97. The van der Waals surface area contributed by atoms with Gasteiger partial charge in [-0.2, -0.15) is 0 Å². The zero-order valence-electron chi connectivity index (χ0n) is 9.53. The lowest BCUT2D eigenvalue weighted by atomic mass is 10.1. The Kier molecular flexibility index (Phi) is 5.09. The van der Waals surface area contributed by atoms with Crippen molar-refractivity contribution in [2.75, 3.05) is 20.8 Å². The summed E-state index contributed by atoms with van der Waals surface area (Å²) >= 11 is 0. The van der Waals surface area contributed by atoms with Crippen LogP contribution in [-0.2, 0) is 11.2 Å². The first-order valence-electron chi connectivity index (χ1n) is 5.06. The van der Waals surface area contributed by atoms with Crippen molar-refractivity contribution < 1.29 is 14.3 Å². The quantitative estimate of drug-likeness (QED) is 0.419. The molecule has 0 N–H and O–H groups in total. The normalized spacial score (nSPS) is 9.38. The molecule has 0 atom stereocenters. The van der Waals surface area contributed by atoms with Crippen LogP contribution in [0.25, 0.3) is 0 Å². The molecule has 4 nitrogen and oxygen atoms in total. The van der Waals surface area contributed by atoms with Gasteiger partial charge in [-0.05, 0) is 24.5 Å². The summed E-state index contributed by atoms with van der Waals surface area (Å²) in [5.74, 6) is 1.57. The number of methoxy groups -OCH3 is 2. The summed E-state index contributed by atoms with van der Waals surface area (Å²) in [5, 5.41) is 0. The lowest BCUT2D eigenvalue weighted by molar-refractivity contribution is 0.391. The van der Waals surface area contributed by atoms with Crippen molar-refractivity contribution in [1.29, 1.82) is 0 Å². The van der Waals surface area contributed by atoms with Crippen molar-refractivity contribution in [3.8, 4) is 11.5 Å². The highest BCUT2D eigenvalue weighted by Gasteiger charge is 2.04. The number of nitrogens with zero attached hydrogens (tertiary/aromatic N) is 1. The Bertz CT molecular complexity index is 384. The van der Waals surface area contributed by atoms with E-state index in [0.717, 1.165) is 29.9 Å². The molecule has 0 aliphatic rings. The van der Waals surface area contributed by atoms with Gasteiger partial charge in [0.05, 0.1) is 20.8 Å². The van der Waals surface area contributed by atoms with Crippen LogP contribution in [0.5, 0.6) is 11.5 Å². The largest absolute Gasteiger partial charge is 0.497 e. The van der Waals surface area contributed by atoms with E-state index in [1.54, 1.807) is 14.2 Å². The van der Waals surface area contributed by atoms with Crippen LogP contribution in [0.3, 0.4) is 0 Å². The van der Waals surface area contributed by atoms with Gasteiger partial charge in [-0.15, -0.1) is 0 Å². The number of carbonyl (C=O) groups excluding carboxylic acids is 1. The average molecular weight is 221 g/mol. The second-order valence-electron chi connectivity index (χ2n) is 3.25. The first-order chi connectivity index (χ1) is 7.81. The van der Waals surface area contributed by atoms with E-state index in [4.69, 9.17) is 9.47 Å². The third-order valence-corrected chi connectivity index (χ3v) is 2.27. The second-order valence-corrected chi connectivity index (χ2v) is 3.25. The molecular formula is C12H15NO3. The molecule has 0 fully saturated rings. The SMILES string of the molecule is COc1ccc(CCCN=C=O)c(OC)c1. The lowest BCUT2D eigenvalue weighted by Gasteiger charge is -2.09. The fraction of sp³-hybridized carbons (Fsp3) is 0.417. The van der Waals surface area contributed by atoms with Gasteiger partial charge in [0.25, 0.3) is 0 Å². The highest BCUT2D eigenvalue weighted by molar-refractivity contribution is 5.40. The average Bonchev–Trinajstić information content (AvgIpc) is 2.34. The molecule has 0 aromatic heterocycles. The molecule has 0 amide bonds. The molecule has 0 spiro atoms. The van der Waals surface area contributed by atoms with E-state index >= 15 is 0 Å². The van der Waals surface area contributed by atoms with Gasteiger partial charge in [0.1, 0.15) is 11.5 Å². The Morgan fingerprint density at radius 2 is 2.12 bits per heavy atom. The fourth-order valence-corrected chi connectivity index (χ4v) is 1.45. The number of rotatable bonds is 6. The van der Waals surface area contributed by atoms with Crippen molar-refractivity contribution in [3.63, 3.8) is 0 Å². The maximum atomic E-state index is 9.89. The summed E-state index contributed by atoms with van der Waals surface area (Å²) in [6, 6.07) is 5.70. The Morgan fingerprint density at radius 3 is 2.75 bits per heavy atom. The predicted molar refractivity (Wildman–Crippen MR) is 60.9 cm³/mol. The van der Waals surface area contributed by atoms with E-state index in [2.05, 4.69) is 4.99 Å². The van der Waals surface area contributed by atoms with Gasteiger partial charge in [-0.1, -0.05) is 6.07 Å². The van der Waals surface area contributed by atoms with Crippen LogP contribution >= 0.6 is 0 Å². The number of hydrogen-bond acceptors (Lipinski definition) is 4. The molecule has 0 bridgehead atoms. The van der Waals surface area contributed by atoms with E-state index in [9.17, 15) is 4.79 Å². The van der Waals surface area contributed by atoms with Crippen molar-refractivity contribution in [1.82, 2.24) is 0 Å². The Balaban J connectivity index is 2.67. The number of ether oxygens (including phenoxy) is 2. The van der Waals surface area contributed by atoms with E-state index in [0.29, 0.717) is 6.54 Å². The Labute approximate surface area is 94.9 Å². The van der Waals surface area contributed by atoms with Crippen LogP contribution in [0.2, 0.25) is 0 Å². The van der Waals surface area contributed by atoms with Crippen LogP contribution in [0.1, 0.15) is 12.0 Å². The molecular weight excluding hydrogens is 206 g/mol. The minimum Gasteiger partial charge on any atom is -0.497 e. The van der Waals surface area contributed by atoms with Gasteiger partial charge in [-0.25, -0.2) is 9.79 Å². The third-order valence-electron chi connectivity index (χ3n) is 2.27. The van der Waals surface area contributed by atoms with Gasteiger partial charge >= 0.3 is 0 Å². The van der Waals surface area contributed by atoms with Gasteiger partial charge in [0, 0.05) is 6.07 Å². The molecule has 0 saturated carbocycles. The van der Waals surface area contributed by atoms with Crippen molar-refractivity contribution in [3.05, 3.63) is 23.8 Å². The Morgan fingerprint density at radius 1 is 1.31 bits per heavy atom. The van der Waals surface area contributed by atoms with Crippen LogP contribution in [0, 0.1) is 0 Å². The molecule has 0 aliphatic carbocycles. The molecule has 0 aliphatic heterocycles. The lowest BCUT2D eigenvalue weighted by Crippen LogP contribution is -1.95. The number of aliphatic imine (C=N–C) groups is 1. The van der Waals surface area contributed by atoms with Gasteiger partial charge in [0.15, 0.2) is 0 Å². The molecule has 86 valence electrons. The van der Waals surface area contributed by atoms with Crippen molar-refractivity contribution >= 4 is 6.08 Å². The Hall–Kier alpha value is -1.80. The van der Waals surface area contributed by atoms with Gasteiger partial charge in [0.2, 0.25) is 6.08 Å². The number of benzene rings is 1. The summed E-state index contributed by atoms with van der Waals surface area (Å²) in [4.78, 5) is 13.4. The monoisotopic (exact) mass is 221 g/mol.